The lowest BCUT2D eigenvalue weighted by molar-refractivity contribution is -0.384. The van der Waals surface area contributed by atoms with Crippen LogP contribution in [0.25, 0.3) is 10.1 Å². The Morgan fingerprint density at radius 3 is 2.73 bits per heavy atom. The van der Waals surface area contributed by atoms with Crippen LogP contribution >= 0.6 is 11.3 Å². The number of benzene rings is 1. The molecule has 1 fully saturated rings. The Hall–Kier alpha value is -1.99. The van der Waals surface area contributed by atoms with E-state index in [1.54, 1.807) is 12.1 Å². The maximum atomic E-state index is 12.6. The third-order valence-electron chi connectivity index (χ3n) is 4.11. The molecule has 0 saturated carbocycles. The monoisotopic (exact) mass is 319 g/mol. The number of thiophene rings is 1. The van der Waals surface area contributed by atoms with Crippen LogP contribution in [0.1, 0.15) is 22.5 Å². The molecule has 2 aromatic rings. The molecule has 7 heteroatoms. The van der Waals surface area contributed by atoms with Gasteiger partial charge in [0.1, 0.15) is 0 Å². The van der Waals surface area contributed by atoms with Crippen molar-refractivity contribution in [2.45, 2.75) is 18.9 Å². The first-order valence-corrected chi connectivity index (χ1v) is 8.04. The number of likely N-dealkylation sites (tertiary alicyclic amines) is 1. The SMILES string of the molecule is CNC1CCN(C(=O)c2cc3cc([N+](=O)[O-])ccc3s2)CC1. The standard InChI is InChI=1S/C15H17N3O3S/c1-16-11-4-6-17(7-5-11)15(19)14-9-10-8-12(18(20)21)2-3-13(10)22-14/h2-3,8-9,11,16H,4-7H2,1H3. The third kappa shape index (κ3) is 2.82. The molecular formula is C15H17N3O3S. The van der Waals surface area contributed by atoms with E-state index in [2.05, 4.69) is 5.32 Å². The Labute approximate surface area is 131 Å². The van der Waals surface area contributed by atoms with Gasteiger partial charge < -0.3 is 10.2 Å². The number of nitrogens with one attached hydrogen (secondary N) is 1. The number of nitro groups is 1. The van der Waals surface area contributed by atoms with Crippen molar-refractivity contribution in [1.82, 2.24) is 10.2 Å². The second-order valence-corrected chi connectivity index (χ2v) is 6.53. The number of rotatable bonds is 3. The summed E-state index contributed by atoms with van der Waals surface area (Å²) in [6, 6.07) is 6.96. The van der Waals surface area contributed by atoms with Crippen molar-refractivity contribution in [1.29, 1.82) is 0 Å². The molecule has 1 amide bonds. The first kappa shape index (κ1) is 14.9. The van der Waals surface area contributed by atoms with Gasteiger partial charge in [0, 0.05) is 41.4 Å². The van der Waals surface area contributed by atoms with Crippen molar-refractivity contribution >= 4 is 33.0 Å². The summed E-state index contributed by atoms with van der Waals surface area (Å²) >= 11 is 1.40. The normalized spacial score (nSPS) is 16.1. The highest BCUT2D eigenvalue weighted by Crippen LogP contribution is 2.30. The molecule has 0 bridgehead atoms. The van der Waals surface area contributed by atoms with Crippen LogP contribution in [0, 0.1) is 10.1 Å². The van der Waals surface area contributed by atoms with Crippen LogP contribution < -0.4 is 5.32 Å². The second-order valence-electron chi connectivity index (χ2n) is 5.45. The molecule has 1 N–H and O–H groups in total. The minimum Gasteiger partial charge on any atom is -0.338 e. The van der Waals surface area contributed by atoms with Crippen molar-refractivity contribution < 1.29 is 9.72 Å². The van der Waals surface area contributed by atoms with Gasteiger partial charge in [-0.3, -0.25) is 14.9 Å². The zero-order valence-corrected chi connectivity index (χ0v) is 13.1. The molecule has 0 atom stereocenters. The van der Waals surface area contributed by atoms with Gasteiger partial charge in [0.05, 0.1) is 9.80 Å². The predicted octanol–water partition coefficient (Wildman–Crippen LogP) is 2.63. The van der Waals surface area contributed by atoms with E-state index in [0.717, 1.165) is 36.0 Å². The van der Waals surface area contributed by atoms with Crippen molar-refractivity contribution in [3.63, 3.8) is 0 Å². The molecule has 1 aliphatic heterocycles. The van der Waals surface area contributed by atoms with E-state index in [4.69, 9.17) is 0 Å². The topological polar surface area (TPSA) is 75.5 Å². The van der Waals surface area contributed by atoms with Crippen LogP contribution in [-0.4, -0.2) is 41.9 Å². The number of hydrogen-bond donors (Lipinski definition) is 1. The minimum absolute atomic E-state index is 0.0263. The number of fused-ring (bicyclic) bond motifs is 1. The van der Waals surface area contributed by atoms with E-state index < -0.39 is 4.92 Å². The maximum Gasteiger partial charge on any atom is 0.270 e. The maximum absolute atomic E-state index is 12.6. The summed E-state index contributed by atoms with van der Waals surface area (Å²) in [6.45, 7) is 1.50. The van der Waals surface area contributed by atoms with Crippen LogP contribution in [0.3, 0.4) is 0 Å². The predicted molar refractivity (Wildman–Crippen MR) is 86.5 cm³/mol. The Bertz CT molecular complexity index is 720. The molecule has 116 valence electrons. The lowest BCUT2D eigenvalue weighted by Crippen LogP contribution is -2.43. The molecule has 2 heterocycles. The number of carbonyl (C=O) groups excluding carboxylic acids is 1. The molecule has 1 saturated heterocycles. The number of non-ortho nitro benzene ring substituents is 1. The molecular weight excluding hydrogens is 302 g/mol. The minimum atomic E-state index is -0.416. The van der Waals surface area contributed by atoms with Crippen LogP contribution in [-0.2, 0) is 0 Å². The van der Waals surface area contributed by atoms with Gasteiger partial charge in [-0.2, -0.15) is 0 Å². The molecule has 1 aromatic carbocycles. The Balaban J connectivity index is 1.81. The average molecular weight is 319 g/mol. The fourth-order valence-electron chi connectivity index (χ4n) is 2.78. The number of hydrogen-bond acceptors (Lipinski definition) is 5. The fraction of sp³-hybridized carbons (Fsp3) is 0.400. The molecule has 0 radical (unpaired) electrons. The summed E-state index contributed by atoms with van der Waals surface area (Å²) < 4.78 is 0.902. The summed E-state index contributed by atoms with van der Waals surface area (Å²) in [5, 5.41) is 14.8. The summed E-state index contributed by atoms with van der Waals surface area (Å²) in [6.07, 6.45) is 1.91. The van der Waals surface area contributed by atoms with E-state index >= 15 is 0 Å². The van der Waals surface area contributed by atoms with Crippen molar-refractivity contribution in [2.75, 3.05) is 20.1 Å². The van der Waals surface area contributed by atoms with Crippen LogP contribution in [0.5, 0.6) is 0 Å². The molecule has 6 nitrogen and oxygen atoms in total. The van der Waals surface area contributed by atoms with Crippen molar-refractivity contribution in [3.8, 4) is 0 Å². The van der Waals surface area contributed by atoms with Crippen molar-refractivity contribution in [3.05, 3.63) is 39.3 Å². The lowest BCUT2D eigenvalue weighted by Gasteiger charge is -2.31. The Morgan fingerprint density at radius 2 is 2.09 bits per heavy atom. The van der Waals surface area contributed by atoms with E-state index in [0.29, 0.717) is 10.9 Å². The zero-order chi connectivity index (χ0) is 15.7. The molecule has 0 spiro atoms. The quantitative estimate of drug-likeness (QED) is 0.697. The highest BCUT2D eigenvalue weighted by Gasteiger charge is 2.24. The smallest absolute Gasteiger partial charge is 0.270 e. The van der Waals surface area contributed by atoms with Gasteiger partial charge in [0.2, 0.25) is 0 Å². The van der Waals surface area contributed by atoms with Crippen LogP contribution in [0.4, 0.5) is 5.69 Å². The number of amides is 1. The molecule has 1 aromatic heterocycles. The van der Waals surface area contributed by atoms with E-state index in [1.807, 2.05) is 11.9 Å². The van der Waals surface area contributed by atoms with E-state index in [1.165, 1.54) is 23.5 Å². The van der Waals surface area contributed by atoms with E-state index in [9.17, 15) is 14.9 Å². The first-order chi connectivity index (χ1) is 10.6. The van der Waals surface area contributed by atoms with E-state index in [-0.39, 0.29) is 11.6 Å². The molecule has 0 unspecified atom stereocenters. The fourth-order valence-corrected chi connectivity index (χ4v) is 3.79. The summed E-state index contributed by atoms with van der Waals surface area (Å²) in [4.78, 5) is 25.5. The third-order valence-corrected chi connectivity index (χ3v) is 5.22. The number of piperidine rings is 1. The lowest BCUT2D eigenvalue weighted by atomic mass is 10.1. The van der Waals surface area contributed by atoms with Gasteiger partial charge in [-0.15, -0.1) is 11.3 Å². The largest absolute Gasteiger partial charge is 0.338 e. The zero-order valence-electron chi connectivity index (χ0n) is 12.2. The second kappa shape index (κ2) is 6.02. The van der Waals surface area contributed by atoms with Crippen LogP contribution in [0.15, 0.2) is 24.3 Å². The summed E-state index contributed by atoms with van der Waals surface area (Å²) in [5.74, 6) is 0.0263. The molecule has 1 aliphatic rings. The van der Waals surface area contributed by atoms with Gasteiger partial charge in [0.15, 0.2) is 0 Å². The number of carbonyl (C=O) groups is 1. The summed E-state index contributed by atoms with van der Waals surface area (Å²) in [7, 11) is 1.95. The Kier molecular flexibility index (Phi) is 4.08. The van der Waals surface area contributed by atoms with Gasteiger partial charge in [0.25, 0.3) is 11.6 Å². The average Bonchev–Trinajstić information content (AvgIpc) is 2.97. The van der Waals surface area contributed by atoms with Gasteiger partial charge >= 0.3 is 0 Å². The molecule has 0 aliphatic carbocycles. The van der Waals surface area contributed by atoms with Gasteiger partial charge in [-0.1, -0.05) is 0 Å². The van der Waals surface area contributed by atoms with Crippen LogP contribution in [0.2, 0.25) is 0 Å². The summed E-state index contributed by atoms with van der Waals surface area (Å²) in [5.41, 5.74) is 0.0548. The highest BCUT2D eigenvalue weighted by atomic mass is 32.1. The van der Waals surface area contributed by atoms with Gasteiger partial charge in [-0.25, -0.2) is 0 Å². The molecule has 3 rings (SSSR count). The Morgan fingerprint density at radius 1 is 1.36 bits per heavy atom. The first-order valence-electron chi connectivity index (χ1n) is 7.23. The number of nitrogens with zero attached hydrogens (tertiary/aromatic N) is 2. The van der Waals surface area contributed by atoms with Gasteiger partial charge in [-0.05, 0) is 32.0 Å². The highest BCUT2D eigenvalue weighted by molar-refractivity contribution is 7.20. The van der Waals surface area contributed by atoms with Crippen molar-refractivity contribution in [2.24, 2.45) is 0 Å². The number of nitro benzene ring substituents is 1. The molecule has 22 heavy (non-hydrogen) atoms.